The predicted octanol–water partition coefficient (Wildman–Crippen LogP) is 1.94. The van der Waals surface area contributed by atoms with Gasteiger partial charge >= 0.3 is 5.63 Å². The summed E-state index contributed by atoms with van der Waals surface area (Å²) in [7, 11) is -2.61. The van der Waals surface area contributed by atoms with Crippen molar-refractivity contribution >= 4 is 10.0 Å². The average molecular weight is 383 g/mol. The highest BCUT2D eigenvalue weighted by molar-refractivity contribution is 7.89. The second-order valence-electron chi connectivity index (χ2n) is 5.91. The molecule has 1 aliphatic rings. The standard InChI is InChI=1S/C17H18FNO6S/c1-11-7-14(9-17(20)24-11)25-13-5-6-19(10-13)26(21,22)16-8-12(18)3-4-15(16)23-2/h3-4,7-9,13H,5-6,10H2,1-2H3/t13-/m1/s1. The van der Waals surface area contributed by atoms with Gasteiger partial charge in [-0.3, -0.25) is 0 Å². The lowest BCUT2D eigenvalue weighted by atomic mass is 10.3. The van der Waals surface area contributed by atoms with Gasteiger partial charge in [-0.1, -0.05) is 0 Å². The summed E-state index contributed by atoms with van der Waals surface area (Å²) < 4.78 is 56.0. The van der Waals surface area contributed by atoms with Gasteiger partial charge < -0.3 is 13.9 Å². The third kappa shape index (κ3) is 3.73. The van der Waals surface area contributed by atoms with Gasteiger partial charge in [-0.15, -0.1) is 0 Å². The van der Waals surface area contributed by atoms with E-state index >= 15 is 0 Å². The molecule has 140 valence electrons. The van der Waals surface area contributed by atoms with Crippen molar-refractivity contribution in [1.82, 2.24) is 4.31 Å². The molecule has 1 aromatic heterocycles. The third-order valence-corrected chi connectivity index (χ3v) is 5.91. The molecule has 2 heterocycles. The molecule has 1 fully saturated rings. The van der Waals surface area contributed by atoms with Gasteiger partial charge in [-0.05, 0) is 31.5 Å². The Morgan fingerprint density at radius 3 is 2.73 bits per heavy atom. The number of halogens is 1. The molecule has 26 heavy (non-hydrogen) atoms. The van der Waals surface area contributed by atoms with E-state index in [-0.39, 0.29) is 23.7 Å². The average Bonchev–Trinajstić information content (AvgIpc) is 3.03. The molecule has 0 unspecified atom stereocenters. The normalized spacial score (nSPS) is 18.0. The minimum atomic E-state index is -3.94. The summed E-state index contributed by atoms with van der Waals surface area (Å²) >= 11 is 0. The largest absolute Gasteiger partial charge is 0.495 e. The predicted molar refractivity (Wildman–Crippen MR) is 90.5 cm³/mol. The highest BCUT2D eigenvalue weighted by Crippen LogP contribution is 2.30. The molecule has 0 aliphatic carbocycles. The van der Waals surface area contributed by atoms with Crippen LogP contribution in [0.15, 0.2) is 44.4 Å². The molecule has 0 saturated carbocycles. The molecule has 1 saturated heterocycles. The highest BCUT2D eigenvalue weighted by Gasteiger charge is 2.35. The van der Waals surface area contributed by atoms with Gasteiger partial charge in [-0.25, -0.2) is 17.6 Å². The molecule has 3 rings (SSSR count). The van der Waals surface area contributed by atoms with E-state index in [0.717, 1.165) is 12.1 Å². The molecular weight excluding hydrogens is 365 g/mol. The highest BCUT2D eigenvalue weighted by atomic mass is 32.2. The molecule has 0 spiro atoms. The first-order valence-corrected chi connectivity index (χ1v) is 9.36. The zero-order chi connectivity index (χ0) is 18.9. The molecule has 0 N–H and O–H groups in total. The Bertz CT molecular complexity index is 971. The van der Waals surface area contributed by atoms with Crippen LogP contribution in [0.5, 0.6) is 11.5 Å². The van der Waals surface area contributed by atoms with E-state index in [9.17, 15) is 17.6 Å². The molecule has 1 aromatic carbocycles. The maximum absolute atomic E-state index is 13.5. The maximum Gasteiger partial charge on any atom is 0.339 e. The van der Waals surface area contributed by atoms with Crippen LogP contribution in [-0.4, -0.2) is 39.0 Å². The van der Waals surface area contributed by atoms with Crippen LogP contribution in [0, 0.1) is 12.7 Å². The number of rotatable bonds is 5. The van der Waals surface area contributed by atoms with Crippen LogP contribution in [0.2, 0.25) is 0 Å². The minimum absolute atomic E-state index is 0.0760. The second-order valence-corrected chi connectivity index (χ2v) is 7.82. The Kier molecular flexibility index (Phi) is 5.01. The van der Waals surface area contributed by atoms with Crippen molar-refractivity contribution in [3.05, 3.63) is 52.3 Å². The van der Waals surface area contributed by atoms with Crippen LogP contribution < -0.4 is 15.1 Å². The maximum atomic E-state index is 13.5. The number of sulfonamides is 1. The summed E-state index contributed by atoms with van der Waals surface area (Å²) in [5, 5.41) is 0. The van der Waals surface area contributed by atoms with Gasteiger partial charge in [0.05, 0.1) is 19.7 Å². The van der Waals surface area contributed by atoms with Crippen molar-refractivity contribution in [2.75, 3.05) is 20.2 Å². The molecule has 7 nitrogen and oxygen atoms in total. The number of nitrogens with zero attached hydrogens (tertiary/aromatic N) is 1. The van der Waals surface area contributed by atoms with E-state index in [0.29, 0.717) is 17.9 Å². The monoisotopic (exact) mass is 383 g/mol. The van der Waals surface area contributed by atoms with Crippen LogP contribution >= 0.6 is 0 Å². The topological polar surface area (TPSA) is 86.1 Å². The Labute approximate surface area is 150 Å². The molecule has 0 radical (unpaired) electrons. The summed E-state index contributed by atoms with van der Waals surface area (Å²) in [5.74, 6) is 0.140. The van der Waals surface area contributed by atoms with E-state index in [4.69, 9.17) is 13.9 Å². The van der Waals surface area contributed by atoms with Crippen LogP contribution in [0.25, 0.3) is 0 Å². The summed E-state index contributed by atoms with van der Waals surface area (Å²) in [6, 6.07) is 6.12. The second kappa shape index (κ2) is 7.08. The summed E-state index contributed by atoms with van der Waals surface area (Å²) in [6.45, 7) is 1.92. The lowest BCUT2D eigenvalue weighted by Gasteiger charge is -2.19. The molecule has 1 aliphatic heterocycles. The van der Waals surface area contributed by atoms with Crippen molar-refractivity contribution in [2.24, 2.45) is 0 Å². The van der Waals surface area contributed by atoms with Gasteiger partial charge in [0.25, 0.3) is 0 Å². The van der Waals surface area contributed by atoms with Gasteiger partial charge in [0.15, 0.2) is 0 Å². The first kappa shape index (κ1) is 18.4. The van der Waals surface area contributed by atoms with Crippen LogP contribution in [-0.2, 0) is 10.0 Å². The fraction of sp³-hybridized carbons (Fsp3) is 0.353. The van der Waals surface area contributed by atoms with Gasteiger partial charge in [0, 0.05) is 12.6 Å². The molecule has 2 aromatic rings. The summed E-state index contributed by atoms with van der Waals surface area (Å²) in [6.07, 6.45) is 0.0152. The lowest BCUT2D eigenvalue weighted by molar-refractivity contribution is 0.213. The lowest BCUT2D eigenvalue weighted by Crippen LogP contribution is -2.31. The number of hydrogen-bond acceptors (Lipinski definition) is 6. The molecular formula is C17H18FNO6S. The summed E-state index contributed by atoms with van der Waals surface area (Å²) in [5.41, 5.74) is -0.535. The number of aryl methyl sites for hydroxylation is 1. The molecule has 0 bridgehead atoms. The molecule has 9 heteroatoms. The number of ether oxygens (including phenoxy) is 2. The van der Waals surface area contributed by atoms with Crippen molar-refractivity contribution in [3.63, 3.8) is 0 Å². The van der Waals surface area contributed by atoms with Crippen LogP contribution in [0.1, 0.15) is 12.2 Å². The van der Waals surface area contributed by atoms with Crippen molar-refractivity contribution < 1.29 is 26.7 Å². The zero-order valence-electron chi connectivity index (χ0n) is 14.3. The number of methoxy groups -OCH3 is 1. The van der Waals surface area contributed by atoms with Crippen LogP contribution in [0.3, 0.4) is 0 Å². The first-order chi connectivity index (χ1) is 12.3. The minimum Gasteiger partial charge on any atom is -0.495 e. The number of hydrogen-bond donors (Lipinski definition) is 0. The van der Waals surface area contributed by atoms with E-state index in [1.807, 2.05) is 0 Å². The van der Waals surface area contributed by atoms with Crippen molar-refractivity contribution in [2.45, 2.75) is 24.3 Å². The van der Waals surface area contributed by atoms with Crippen molar-refractivity contribution in [1.29, 1.82) is 0 Å². The Balaban J connectivity index is 1.79. The quantitative estimate of drug-likeness (QED) is 0.784. The smallest absolute Gasteiger partial charge is 0.339 e. The van der Waals surface area contributed by atoms with E-state index < -0.39 is 27.6 Å². The van der Waals surface area contributed by atoms with Crippen molar-refractivity contribution in [3.8, 4) is 11.5 Å². The summed E-state index contributed by atoms with van der Waals surface area (Å²) in [4.78, 5) is 11.2. The SMILES string of the molecule is COc1ccc(F)cc1S(=O)(=O)N1CC[C@@H](Oc2cc(C)oc(=O)c2)C1. The van der Waals surface area contributed by atoms with Gasteiger partial charge in [0.2, 0.25) is 10.0 Å². The Morgan fingerprint density at radius 2 is 2.04 bits per heavy atom. The third-order valence-electron chi connectivity index (χ3n) is 4.02. The van der Waals surface area contributed by atoms with Gasteiger partial charge in [0.1, 0.15) is 34.1 Å². The Hall–Kier alpha value is -2.39. The number of benzene rings is 1. The van der Waals surface area contributed by atoms with E-state index in [2.05, 4.69) is 0 Å². The zero-order valence-corrected chi connectivity index (χ0v) is 15.1. The first-order valence-electron chi connectivity index (χ1n) is 7.92. The molecule has 1 atom stereocenters. The van der Waals surface area contributed by atoms with E-state index in [1.54, 1.807) is 13.0 Å². The molecule has 0 amide bonds. The van der Waals surface area contributed by atoms with Gasteiger partial charge in [-0.2, -0.15) is 4.31 Å². The van der Waals surface area contributed by atoms with E-state index in [1.165, 1.54) is 23.5 Å². The fourth-order valence-corrected chi connectivity index (χ4v) is 4.49. The van der Waals surface area contributed by atoms with Crippen LogP contribution in [0.4, 0.5) is 4.39 Å². The fourth-order valence-electron chi connectivity index (χ4n) is 2.84. The Morgan fingerprint density at radius 1 is 1.27 bits per heavy atom.